The molecule has 1 N–H and O–H groups in total. The fourth-order valence-corrected chi connectivity index (χ4v) is 4.90. The molecular formula is C26H29N5O3S. The van der Waals surface area contributed by atoms with Gasteiger partial charge in [-0.25, -0.2) is 13.4 Å². The van der Waals surface area contributed by atoms with E-state index in [2.05, 4.69) is 26.3 Å². The Hall–Kier alpha value is -3.48. The van der Waals surface area contributed by atoms with E-state index < -0.39 is 9.84 Å². The van der Waals surface area contributed by atoms with E-state index in [1.54, 1.807) is 36.5 Å². The molecule has 35 heavy (non-hydrogen) atoms. The molecule has 0 saturated carbocycles. The third kappa shape index (κ3) is 6.35. The van der Waals surface area contributed by atoms with Crippen molar-refractivity contribution in [3.05, 3.63) is 70.9 Å². The highest BCUT2D eigenvalue weighted by atomic mass is 32.2. The number of nitrogens with zero attached hydrogens (tertiary/aromatic N) is 4. The van der Waals surface area contributed by atoms with Crippen molar-refractivity contribution in [3.63, 3.8) is 0 Å². The second-order valence-electron chi connectivity index (χ2n) is 8.98. The maximum atomic E-state index is 11.6. The first-order valence-corrected chi connectivity index (χ1v) is 13.4. The van der Waals surface area contributed by atoms with Crippen LogP contribution in [0.15, 0.2) is 53.6 Å². The van der Waals surface area contributed by atoms with Gasteiger partial charge in [-0.05, 0) is 67.6 Å². The molecule has 1 aliphatic heterocycles. The van der Waals surface area contributed by atoms with Crippen LogP contribution in [0.25, 0.3) is 0 Å². The first-order valence-electron chi connectivity index (χ1n) is 11.5. The van der Waals surface area contributed by atoms with Crippen molar-refractivity contribution in [1.82, 2.24) is 14.9 Å². The van der Waals surface area contributed by atoms with Crippen LogP contribution in [0.4, 0.5) is 5.95 Å². The van der Waals surface area contributed by atoms with Crippen molar-refractivity contribution >= 4 is 15.8 Å². The normalized spacial score (nSPS) is 14.9. The van der Waals surface area contributed by atoms with Crippen LogP contribution >= 0.6 is 0 Å². The van der Waals surface area contributed by atoms with Gasteiger partial charge in [0.1, 0.15) is 5.75 Å². The molecule has 9 heteroatoms. The summed E-state index contributed by atoms with van der Waals surface area (Å²) in [6.07, 6.45) is 4.79. The number of nitrogens with one attached hydrogen (secondary N) is 1. The number of ether oxygens (including phenoxy) is 1. The minimum Gasteiger partial charge on any atom is -0.438 e. The summed E-state index contributed by atoms with van der Waals surface area (Å²) in [5.74, 6) is 1.68. The van der Waals surface area contributed by atoms with Crippen LogP contribution in [-0.4, -0.2) is 48.7 Å². The number of benzene rings is 2. The van der Waals surface area contributed by atoms with Crippen LogP contribution in [0.2, 0.25) is 0 Å². The van der Waals surface area contributed by atoms with Gasteiger partial charge >= 0.3 is 0 Å². The monoisotopic (exact) mass is 491 g/mol. The van der Waals surface area contributed by atoms with E-state index in [0.717, 1.165) is 49.2 Å². The Morgan fingerprint density at radius 1 is 1.11 bits per heavy atom. The average Bonchev–Trinajstić information content (AvgIpc) is 2.82. The standard InChI is InChI=1S/C26H29N5O3S/c1-18-14-21(16-27)15-19(2)25(18)34-24-8-11-28-26(30-24)29-22-9-12-31(13-10-22)17-20-4-6-23(7-5-20)35(3,32)33/h4-8,11,14-15,22H,9-10,12-13,17H2,1-3H3,(H,28,29,30). The number of hydrogen-bond donors (Lipinski definition) is 1. The summed E-state index contributed by atoms with van der Waals surface area (Å²) in [6, 6.07) is 14.9. The zero-order valence-corrected chi connectivity index (χ0v) is 21.0. The van der Waals surface area contributed by atoms with Crippen LogP contribution in [0, 0.1) is 25.2 Å². The van der Waals surface area contributed by atoms with Gasteiger partial charge in [0.2, 0.25) is 11.8 Å². The molecule has 4 rings (SSSR count). The van der Waals surface area contributed by atoms with Crippen LogP contribution in [-0.2, 0) is 16.4 Å². The van der Waals surface area contributed by atoms with Crippen molar-refractivity contribution in [2.24, 2.45) is 0 Å². The van der Waals surface area contributed by atoms with Crippen LogP contribution in [0.3, 0.4) is 0 Å². The molecule has 1 saturated heterocycles. The maximum absolute atomic E-state index is 11.6. The number of anilines is 1. The zero-order valence-electron chi connectivity index (χ0n) is 20.2. The summed E-state index contributed by atoms with van der Waals surface area (Å²) in [4.78, 5) is 11.6. The zero-order chi connectivity index (χ0) is 25.0. The highest BCUT2D eigenvalue weighted by Crippen LogP contribution is 2.29. The molecule has 3 aromatic rings. The SMILES string of the molecule is Cc1cc(C#N)cc(C)c1Oc1ccnc(NC2CCN(Cc3ccc(S(C)(=O)=O)cc3)CC2)n1. The Labute approximate surface area is 206 Å². The summed E-state index contributed by atoms with van der Waals surface area (Å²) >= 11 is 0. The van der Waals surface area contributed by atoms with Crippen molar-refractivity contribution in [1.29, 1.82) is 5.26 Å². The molecule has 0 bridgehead atoms. The molecule has 2 aromatic carbocycles. The fourth-order valence-electron chi connectivity index (χ4n) is 4.27. The van der Waals surface area contributed by atoms with Gasteiger partial charge in [-0.1, -0.05) is 12.1 Å². The number of aromatic nitrogens is 2. The number of aryl methyl sites for hydroxylation is 2. The predicted molar refractivity (Wildman–Crippen MR) is 134 cm³/mol. The molecule has 182 valence electrons. The van der Waals surface area contributed by atoms with Gasteiger partial charge in [-0.15, -0.1) is 0 Å². The van der Waals surface area contributed by atoms with Crippen molar-refractivity contribution in [2.75, 3.05) is 24.7 Å². The number of likely N-dealkylation sites (tertiary alicyclic amines) is 1. The first-order chi connectivity index (χ1) is 16.7. The van der Waals surface area contributed by atoms with Gasteiger partial charge in [-0.2, -0.15) is 10.2 Å². The summed E-state index contributed by atoms with van der Waals surface area (Å²) in [5, 5.41) is 12.6. The fraction of sp³-hybridized carbons (Fsp3) is 0.346. The van der Waals surface area contributed by atoms with Gasteiger partial charge in [0, 0.05) is 44.2 Å². The summed E-state index contributed by atoms with van der Waals surface area (Å²) in [7, 11) is -3.17. The Morgan fingerprint density at radius 2 is 1.77 bits per heavy atom. The van der Waals surface area contributed by atoms with Crippen LogP contribution in [0.5, 0.6) is 11.6 Å². The largest absolute Gasteiger partial charge is 0.438 e. The molecule has 0 amide bonds. The third-order valence-corrected chi connectivity index (χ3v) is 7.23. The Kier molecular flexibility index (Phi) is 7.34. The highest BCUT2D eigenvalue weighted by molar-refractivity contribution is 7.90. The number of nitriles is 1. The third-order valence-electron chi connectivity index (χ3n) is 6.10. The second-order valence-corrected chi connectivity index (χ2v) is 11.0. The number of rotatable bonds is 7. The van der Waals surface area contributed by atoms with Gasteiger partial charge in [0.25, 0.3) is 0 Å². The topological polar surface area (TPSA) is 108 Å². The molecule has 1 aromatic heterocycles. The first kappa shape index (κ1) is 24.6. The van der Waals surface area contributed by atoms with E-state index in [1.807, 2.05) is 26.0 Å². The van der Waals surface area contributed by atoms with E-state index in [9.17, 15) is 8.42 Å². The van der Waals surface area contributed by atoms with Crippen LogP contribution in [0.1, 0.15) is 35.1 Å². The minimum atomic E-state index is -3.17. The summed E-state index contributed by atoms with van der Waals surface area (Å²) in [5.41, 5.74) is 3.47. The van der Waals surface area contributed by atoms with Gasteiger partial charge < -0.3 is 10.1 Å². The summed E-state index contributed by atoms with van der Waals surface area (Å²) < 4.78 is 29.3. The van der Waals surface area contributed by atoms with Gasteiger partial charge in [0.05, 0.1) is 16.5 Å². The lowest BCUT2D eigenvalue weighted by atomic mass is 10.0. The number of hydrogen-bond acceptors (Lipinski definition) is 8. The quantitative estimate of drug-likeness (QED) is 0.523. The number of sulfone groups is 1. The molecule has 0 radical (unpaired) electrons. The van der Waals surface area contributed by atoms with E-state index in [1.165, 1.54) is 6.26 Å². The second kappa shape index (κ2) is 10.4. The molecule has 0 atom stereocenters. The Morgan fingerprint density at radius 3 is 2.37 bits per heavy atom. The predicted octanol–water partition coefficient (Wildman–Crippen LogP) is 4.24. The average molecular weight is 492 g/mol. The lowest BCUT2D eigenvalue weighted by Gasteiger charge is -2.32. The minimum absolute atomic E-state index is 0.257. The van der Waals surface area contributed by atoms with Crippen molar-refractivity contribution in [2.45, 2.75) is 44.2 Å². The lowest BCUT2D eigenvalue weighted by molar-refractivity contribution is 0.211. The van der Waals surface area contributed by atoms with Gasteiger partial charge in [0.15, 0.2) is 9.84 Å². The molecule has 0 spiro atoms. The van der Waals surface area contributed by atoms with E-state index in [0.29, 0.717) is 28.0 Å². The summed E-state index contributed by atoms with van der Waals surface area (Å²) in [6.45, 7) is 6.46. The van der Waals surface area contributed by atoms with Crippen molar-refractivity contribution < 1.29 is 13.2 Å². The molecule has 8 nitrogen and oxygen atoms in total. The smallest absolute Gasteiger partial charge is 0.226 e. The molecule has 0 aliphatic carbocycles. The Balaban J connectivity index is 1.32. The molecular weight excluding hydrogens is 462 g/mol. The molecule has 1 aliphatic rings. The highest BCUT2D eigenvalue weighted by Gasteiger charge is 2.20. The molecule has 1 fully saturated rings. The van der Waals surface area contributed by atoms with E-state index in [4.69, 9.17) is 10.00 Å². The van der Waals surface area contributed by atoms with E-state index in [-0.39, 0.29) is 6.04 Å². The lowest BCUT2D eigenvalue weighted by Crippen LogP contribution is -2.38. The van der Waals surface area contributed by atoms with Crippen LogP contribution < -0.4 is 10.1 Å². The molecule has 2 heterocycles. The maximum Gasteiger partial charge on any atom is 0.226 e. The van der Waals surface area contributed by atoms with Gasteiger partial charge in [-0.3, -0.25) is 4.90 Å². The molecule has 0 unspecified atom stereocenters. The Bertz CT molecular complexity index is 1320. The number of piperidine rings is 1. The van der Waals surface area contributed by atoms with Crippen molar-refractivity contribution in [3.8, 4) is 17.7 Å². The van der Waals surface area contributed by atoms with E-state index >= 15 is 0 Å².